The number of nitrogens with one attached hydrogen (secondary N) is 1. The molecule has 0 bridgehead atoms. The van der Waals surface area contributed by atoms with E-state index in [2.05, 4.69) is 5.32 Å². The fourth-order valence-electron chi connectivity index (χ4n) is 1.94. The monoisotopic (exact) mass is 262 g/mol. The molecule has 6 heteroatoms. The average molecular weight is 262 g/mol. The summed E-state index contributed by atoms with van der Waals surface area (Å²) in [6.07, 6.45) is 2.62. The van der Waals surface area contributed by atoms with E-state index >= 15 is 0 Å². The van der Waals surface area contributed by atoms with Crippen LogP contribution >= 0.6 is 0 Å². The Balaban J connectivity index is 2.27. The molecular formula is C11H22N2O3S. The van der Waals surface area contributed by atoms with Crippen LogP contribution in [0.1, 0.15) is 19.3 Å². The van der Waals surface area contributed by atoms with Crippen LogP contribution in [0.15, 0.2) is 0 Å². The maximum atomic E-state index is 11.8. The molecule has 0 saturated carbocycles. The lowest BCUT2D eigenvalue weighted by Gasteiger charge is -2.26. The summed E-state index contributed by atoms with van der Waals surface area (Å²) in [6.45, 7) is 1.98. The Hall–Kier alpha value is -0.460. The summed E-state index contributed by atoms with van der Waals surface area (Å²) in [6, 6.07) is 0. The molecule has 1 amide bonds. The zero-order valence-corrected chi connectivity index (χ0v) is 11.2. The molecule has 1 rings (SSSR count). The van der Waals surface area contributed by atoms with E-state index in [4.69, 9.17) is 0 Å². The van der Waals surface area contributed by atoms with Crippen molar-refractivity contribution in [1.29, 1.82) is 0 Å². The molecule has 0 radical (unpaired) electrons. The molecule has 1 aliphatic rings. The Bertz CT molecular complexity index is 267. The van der Waals surface area contributed by atoms with E-state index in [1.54, 1.807) is 11.9 Å². The predicted molar refractivity (Wildman–Crippen MR) is 68.2 cm³/mol. The van der Waals surface area contributed by atoms with Gasteiger partial charge in [-0.05, 0) is 26.3 Å². The van der Waals surface area contributed by atoms with Gasteiger partial charge in [0.25, 0.3) is 0 Å². The number of rotatable bonds is 6. The number of carbonyl (C=O) groups excluding carboxylic acids is 1. The summed E-state index contributed by atoms with van der Waals surface area (Å²) in [5.41, 5.74) is 0. The van der Waals surface area contributed by atoms with E-state index in [1.165, 1.54) is 6.42 Å². The molecule has 0 aromatic heterocycles. The molecule has 100 valence electrons. The number of likely N-dealkylation sites (N-methyl/N-ethyl adjacent to an activating group) is 1. The van der Waals surface area contributed by atoms with E-state index in [0.29, 0.717) is 6.54 Å². The highest BCUT2D eigenvalue weighted by atomic mass is 32.2. The molecule has 1 fully saturated rings. The highest BCUT2D eigenvalue weighted by Gasteiger charge is 2.19. The Morgan fingerprint density at radius 2 is 2.06 bits per heavy atom. The minimum Gasteiger partial charge on any atom is -0.391 e. The summed E-state index contributed by atoms with van der Waals surface area (Å²) in [5, 5.41) is 12.3. The first kappa shape index (κ1) is 14.6. The Morgan fingerprint density at radius 1 is 1.41 bits per heavy atom. The number of hydrogen-bond acceptors (Lipinski definition) is 4. The van der Waals surface area contributed by atoms with Crippen molar-refractivity contribution >= 4 is 16.7 Å². The second kappa shape index (κ2) is 7.79. The number of aliphatic hydroxyl groups excluding tert-OH is 1. The molecule has 2 N–H and O–H groups in total. The van der Waals surface area contributed by atoms with Crippen LogP contribution in [0.3, 0.4) is 0 Å². The highest BCUT2D eigenvalue weighted by Crippen LogP contribution is 2.09. The van der Waals surface area contributed by atoms with Gasteiger partial charge in [-0.3, -0.25) is 9.00 Å². The topological polar surface area (TPSA) is 69.6 Å². The van der Waals surface area contributed by atoms with Crippen LogP contribution in [0.2, 0.25) is 0 Å². The normalized spacial score (nSPS) is 20.0. The quantitative estimate of drug-likeness (QED) is 0.666. The largest absolute Gasteiger partial charge is 0.391 e. The number of nitrogens with zero attached hydrogens (tertiary/aromatic N) is 1. The molecule has 0 aromatic carbocycles. The van der Waals surface area contributed by atoms with E-state index < -0.39 is 16.9 Å². The van der Waals surface area contributed by atoms with Crippen LogP contribution in [0.4, 0.5) is 0 Å². The molecule has 17 heavy (non-hydrogen) atoms. The van der Waals surface area contributed by atoms with Gasteiger partial charge in [-0.1, -0.05) is 0 Å². The van der Waals surface area contributed by atoms with Crippen LogP contribution in [-0.4, -0.2) is 64.4 Å². The maximum absolute atomic E-state index is 11.8. The lowest BCUT2D eigenvalue weighted by atomic mass is 10.1. The average Bonchev–Trinajstić information content (AvgIpc) is 2.30. The maximum Gasteiger partial charge on any atom is 0.235 e. The fourth-order valence-corrected chi connectivity index (χ4v) is 3.06. The third kappa shape index (κ3) is 5.61. The van der Waals surface area contributed by atoms with Gasteiger partial charge < -0.3 is 15.3 Å². The van der Waals surface area contributed by atoms with Gasteiger partial charge in [0, 0.05) is 30.4 Å². The van der Waals surface area contributed by atoms with Gasteiger partial charge in [-0.2, -0.15) is 0 Å². The number of carbonyl (C=O) groups is 1. The number of piperidine rings is 1. The molecule has 1 saturated heterocycles. The van der Waals surface area contributed by atoms with Crippen molar-refractivity contribution in [2.45, 2.75) is 25.4 Å². The highest BCUT2D eigenvalue weighted by molar-refractivity contribution is 7.85. The van der Waals surface area contributed by atoms with Crippen LogP contribution in [0, 0.1) is 0 Å². The first-order valence-electron chi connectivity index (χ1n) is 6.09. The van der Waals surface area contributed by atoms with Gasteiger partial charge in [0.1, 0.15) is 5.75 Å². The molecule has 2 atom stereocenters. The second-order valence-electron chi connectivity index (χ2n) is 4.40. The van der Waals surface area contributed by atoms with Crippen LogP contribution in [-0.2, 0) is 15.6 Å². The van der Waals surface area contributed by atoms with Gasteiger partial charge in [0.2, 0.25) is 5.91 Å². The smallest absolute Gasteiger partial charge is 0.235 e. The number of hydrogen-bond donors (Lipinski definition) is 2. The lowest BCUT2D eigenvalue weighted by molar-refractivity contribution is -0.129. The van der Waals surface area contributed by atoms with Crippen LogP contribution in [0.5, 0.6) is 0 Å². The van der Waals surface area contributed by atoms with E-state index in [-0.39, 0.29) is 17.4 Å². The fraction of sp³-hybridized carbons (Fsp3) is 0.909. The first-order valence-corrected chi connectivity index (χ1v) is 7.57. The van der Waals surface area contributed by atoms with Crippen molar-refractivity contribution in [2.75, 3.05) is 38.2 Å². The Kier molecular flexibility index (Phi) is 6.69. The summed E-state index contributed by atoms with van der Waals surface area (Å²) in [4.78, 5) is 13.6. The van der Waals surface area contributed by atoms with Gasteiger partial charge >= 0.3 is 0 Å². The molecule has 1 heterocycles. The first-order chi connectivity index (χ1) is 8.13. The molecule has 1 aliphatic heterocycles. The zero-order valence-electron chi connectivity index (χ0n) is 10.4. The van der Waals surface area contributed by atoms with Gasteiger partial charge in [0.05, 0.1) is 11.9 Å². The van der Waals surface area contributed by atoms with Crippen molar-refractivity contribution < 1.29 is 14.1 Å². The molecule has 0 aliphatic carbocycles. The third-order valence-electron chi connectivity index (χ3n) is 2.81. The lowest BCUT2D eigenvalue weighted by Crippen LogP contribution is -2.39. The summed E-state index contributed by atoms with van der Waals surface area (Å²) in [5.74, 6) is 0.168. The van der Waals surface area contributed by atoms with Crippen molar-refractivity contribution in [3.05, 3.63) is 0 Å². The van der Waals surface area contributed by atoms with Crippen molar-refractivity contribution in [3.8, 4) is 0 Å². The zero-order chi connectivity index (χ0) is 12.7. The SMILES string of the molecule is CNCC(O)CS(=O)CC(=O)N1CCCCC1. The molecule has 5 nitrogen and oxygen atoms in total. The second-order valence-corrected chi connectivity index (χ2v) is 5.91. The van der Waals surface area contributed by atoms with E-state index in [1.807, 2.05) is 0 Å². The predicted octanol–water partition coefficient (Wildman–Crippen LogP) is -0.672. The minimum absolute atomic E-state index is 0.0420. The molecular weight excluding hydrogens is 240 g/mol. The summed E-state index contributed by atoms with van der Waals surface area (Å²) >= 11 is 0. The summed E-state index contributed by atoms with van der Waals surface area (Å²) in [7, 11) is 0.463. The van der Waals surface area contributed by atoms with Crippen LogP contribution < -0.4 is 5.32 Å². The van der Waals surface area contributed by atoms with Crippen molar-refractivity contribution in [1.82, 2.24) is 10.2 Å². The van der Waals surface area contributed by atoms with E-state index in [0.717, 1.165) is 25.9 Å². The number of aliphatic hydroxyl groups is 1. The van der Waals surface area contributed by atoms with Crippen molar-refractivity contribution in [2.24, 2.45) is 0 Å². The van der Waals surface area contributed by atoms with E-state index in [9.17, 15) is 14.1 Å². The third-order valence-corrected chi connectivity index (χ3v) is 4.14. The van der Waals surface area contributed by atoms with Gasteiger partial charge in [-0.25, -0.2) is 0 Å². The van der Waals surface area contributed by atoms with Gasteiger partial charge in [0.15, 0.2) is 0 Å². The number of amides is 1. The number of likely N-dealkylation sites (tertiary alicyclic amines) is 1. The Labute approximate surface area is 105 Å². The van der Waals surface area contributed by atoms with Gasteiger partial charge in [-0.15, -0.1) is 0 Å². The minimum atomic E-state index is -1.26. The van der Waals surface area contributed by atoms with Crippen LogP contribution in [0.25, 0.3) is 0 Å². The Morgan fingerprint density at radius 3 is 2.65 bits per heavy atom. The molecule has 0 aromatic rings. The molecule has 2 unspecified atom stereocenters. The standard InChI is InChI=1S/C11H22N2O3S/c1-12-7-10(14)8-17(16)9-11(15)13-5-3-2-4-6-13/h10,12,14H,2-9H2,1H3. The van der Waals surface area contributed by atoms with Crippen molar-refractivity contribution in [3.63, 3.8) is 0 Å². The molecule has 0 spiro atoms. The summed E-state index contributed by atoms with van der Waals surface area (Å²) < 4.78 is 11.7.